The van der Waals surface area contributed by atoms with E-state index in [9.17, 15) is 0 Å². The molecule has 0 nitrogen and oxygen atoms in total. The molecule has 0 radical (unpaired) electrons. The molecule has 1 rings (SSSR count). The lowest BCUT2D eigenvalue weighted by Crippen LogP contribution is -2.37. The molecule has 0 spiro atoms. The number of hydrogen-bond donors (Lipinski definition) is 0. The maximum Gasteiger partial charge on any atom is 0.0777 e. The van der Waals surface area contributed by atoms with Gasteiger partial charge in [0.25, 0.3) is 0 Å². The second kappa shape index (κ2) is 14.5. The third kappa shape index (κ3) is 12.5. The van der Waals surface area contributed by atoms with E-state index in [4.69, 9.17) is 0 Å². The van der Waals surface area contributed by atoms with Crippen LogP contribution in [0.4, 0.5) is 0 Å². The van der Waals surface area contributed by atoms with Gasteiger partial charge < -0.3 is 0 Å². The Balaban J connectivity index is 2.10. The fraction of sp³-hybridized carbons (Fsp3) is 0.680. The van der Waals surface area contributed by atoms with Gasteiger partial charge in [-0.15, -0.1) is 0 Å². The summed E-state index contributed by atoms with van der Waals surface area (Å²) in [4.78, 5) is 0. The SMILES string of the molecule is CCCCCCCCCCCCCCC#Cc1cc(Br)cc([Si](C)(C)C)c1. The molecule has 0 atom stereocenters. The fourth-order valence-electron chi connectivity index (χ4n) is 3.31. The summed E-state index contributed by atoms with van der Waals surface area (Å²) in [6.07, 6.45) is 17.8. The van der Waals surface area contributed by atoms with E-state index in [2.05, 4.69) is 72.5 Å². The Morgan fingerprint density at radius 1 is 0.741 bits per heavy atom. The Morgan fingerprint density at radius 2 is 1.26 bits per heavy atom. The van der Waals surface area contributed by atoms with Crippen molar-refractivity contribution in [1.82, 2.24) is 0 Å². The molecule has 0 saturated carbocycles. The van der Waals surface area contributed by atoms with E-state index in [0.717, 1.165) is 10.9 Å². The summed E-state index contributed by atoms with van der Waals surface area (Å²) >= 11 is 3.64. The van der Waals surface area contributed by atoms with Crippen molar-refractivity contribution < 1.29 is 0 Å². The van der Waals surface area contributed by atoms with E-state index in [1.165, 1.54) is 87.8 Å². The van der Waals surface area contributed by atoms with E-state index in [1.54, 1.807) is 0 Å². The van der Waals surface area contributed by atoms with Crippen molar-refractivity contribution in [3.05, 3.63) is 28.2 Å². The fourth-order valence-corrected chi connectivity index (χ4v) is 5.20. The molecule has 0 aromatic heterocycles. The molecular formula is C25H41BrSi. The molecule has 2 heteroatoms. The normalized spacial score (nSPS) is 11.3. The zero-order valence-electron chi connectivity index (χ0n) is 18.3. The Bertz CT molecular complexity index is 574. The van der Waals surface area contributed by atoms with Crippen LogP contribution in [0.2, 0.25) is 19.6 Å². The molecule has 1 aromatic rings. The van der Waals surface area contributed by atoms with E-state index in [0.29, 0.717) is 0 Å². The molecular weight excluding hydrogens is 408 g/mol. The van der Waals surface area contributed by atoms with Crippen molar-refractivity contribution >= 4 is 29.2 Å². The zero-order valence-corrected chi connectivity index (χ0v) is 20.9. The molecule has 0 N–H and O–H groups in total. The minimum atomic E-state index is -1.28. The highest BCUT2D eigenvalue weighted by Gasteiger charge is 2.16. The van der Waals surface area contributed by atoms with Crippen molar-refractivity contribution in [3.63, 3.8) is 0 Å². The average molecular weight is 450 g/mol. The van der Waals surface area contributed by atoms with Gasteiger partial charge in [0.15, 0.2) is 0 Å². The van der Waals surface area contributed by atoms with Gasteiger partial charge in [0.2, 0.25) is 0 Å². The van der Waals surface area contributed by atoms with Crippen LogP contribution in [0, 0.1) is 11.8 Å². The average Bonchev–Trinajstić information content (AvgIpc) is 2.61. The number of benzene rings is 1. The summed E-state index contributed by atoms with van der Waals surface area (Å²) < 4.78 is 1.16. The van der Waals surface area contributed by atoms with E-state index < -0.39 is 8.07 Å². The molecule has 27 heavy (non-hydrogen) atoms. The van der Waals surface area contributed by atoms with Crippen molar-refractivity contribution in [1.29, 1.82) is 0 Å². The zero-order chi connectivity index (χ0) is 20.0. The van der Waals surface area contributed by atoms with E-state index in [-0.39, 0.29) is 0 Å². The standard InChI is InChI=1S/C25H41BrSi/c1-5-6-7-8-9-10-11-12-13-14-15-16-17-18-19-23-20-24(26)22-25(21-23)27(2,3)4/h20-22H,5-17H2,1-4H3. The molecule has 1 aromatic carbocycles. The third-order valence-electron chi connectivity index (χ3n) is 5.15. The lowest BCUT2D eigenvalue weighted by molar-refractivity contribution is 0.545. The van der Waals surface area contributed by atoms with Crippen LogP contribution >= 0.6 is 15.9 Å². The summed E-state index contributed by atoms with van der Waals surface area (Å²) in [5.74, 6) is 6.77. The molecule has 0 fully saturated rings. The van der Waals surface area contributed by atoms with Crippen molar-refractivity contribution in [2.45, 2.75) is 110 Å². The molecule has 0 bridgehead atoms. The molecule has 0 unspecified atom stereocenters. The quantitative estimate of drug-likeness (QED) is 0.161. The Morgan fingerprint density at radius 3 is 1.78 bits per heavy atom. The summed E-state index contributed by atoms with van der Waals surface area (Å²) in [7, 11) is -1.28. The highest BCUT2D eigenvalue weighted by molar-refractivity contribution is 9.10. The lowest BCUT2D eigenvalue weighted by Gasteiger charge is -2.17. The molecule has 0 amide bonds. The first-order valence-corrected chi connectivity index (χ1v) is 15.5. The largest absolute Gasteiger partial charge is 0.0979 e. The van der Waals surface area contributed by atoms with E-state index >= 15 is 0 Å². The topological polar surface area (TPSA) is 0 Å². The molecule has 0 heterocycles. The van der Waals surface area contributed by atoms with Gasteiger partial charge in [-0.3, -0.25) is 0 Å². The number of rotatable bonds is 13. The van der Waals surface area contributed by atoms with Crippen LogP contribution in [0.15, 0.2) is 22.7 Å². The minimum Gasteiger partial charge on any atom is -0.0979 e. The number of unbranched alkanes of at least 4 members (excludes halogenated alkanes) is 12. The van der Waals surface area contributed by atoms with Crippen LogP contribution in [-0.2, 0) is 0 Å². The summed E-state index contributed by atoms with van der Waals surface area (Å²) in [5.41, 5.74) is 1.17. The van der Waals surface area contributed by atoms with Gasteiger partial charge in [-0.05, 0) is 24.6 Å². The number of hydrogen-bond acceptors (Lipinski definition) is 0. The Labute approximate surface area is 179 Å². The Kier molecular flexibility index (Phi) is 13.1. The van der Waals surface area contributed by atoms with Crippen molar-refractivity contribution in [3.8, 4) is 11.8 Å². The second-order valence-electron chi connectivity index (χ2n) is 8.92. The summed E-state index contributed by atoms with van der Waals surface area (Å²) in [5, 5.41) is 1.48. The highest BCUT2D eigenvalue weighted by Crippen LogP contribution is 2.14. The highest BCUT2D eigenvalue weighted by atomic mass is 79.9. The predicted octanol–water partition coefficient (Wildman–Crippen LogP) is 8.44. The molecule has 0 aliphatic carbocycles. The second-order valence-corrected chi connectivity index (χ2v) is 14.9. The van der Waals surface area contributed by atoms with Gasteiger partial charge in [0.1, 0.15) is 0 Å². The lowest BCUT2D eigenvalue weighted by atomic mass is 10.0. The van der Waals surface area contributed by atoms with Gasteiger partial charge >= 0.3 is 0 Å². The van der Waals surface area contributed by atoms with Gasteiger partial charge in [0.05, 0.1) is 8.07 Å². The molecule has 152 valence electrons. The maximum atomic E-state index is 3.64. The van der Waals surface area contributed by atoms with Gasteiger partial charge in [-0.25, -0.2) is 0 Å². The summed E-state index contributed by atoms with van der Waals surface area (Å²) in [6, 6.07) is 6.72. The summed E-state index contributed by atoms with van der Waals surface area (Å²) in [6.45, 7) is 9.45. The van der Waals surface area contributed by atoms with Gasteiger partial charge in [0, 0.05) is 16.5 Å². The first-order chi connectivity index (χ1) is 12.9. The first kappa shape index (κ1) is 24.5. The smallest absolute Gasteiger partial charge is 0.0777 e. The van der Waals surface area contributed by atoms with Crippen LogP contribution in [0.1, 0.15) is 96.0 Å². The third-order valence-corrected chi connectivity index (χ3v) is 7.63. The van der Waals surface area contributed by atoms with Gasteiger partial charge in [-0.1, -0.05) is 130 Å². The van der Waals surface area contributed by atoms with Crippen molar-refractivity contribution in [2.75, 3.05) is 0 Å². The van der Waals surface area contributed by atoms with Crippen LogP contribution < -0.4 is 5.19 Å². The minimum absolute atomic E-state index is 1.03. The Hall–Kier alpha value is -0.523. The van der Waals surface area contributed by atoms with Crippen LogP contribution in [-0.4, -0.2) is 8.07 Å². The van der Waals surface area contributed by atoms with Crippen molar-refractivity contribution in [2.24, 2.45) is 0 Å². The van der Waals surface area contributed by atoms with E-state index in [1.807, 2.05) is 0 Å². The molecule has 0 aliphatic rings. The molecule has 0 aliphatic heterocycles. The maximum absolute atomic E-state index is 3.64. The van der Waals surface area contributed by atoms with Crippen LogP contribution in [0.25, 0.3) is 0 Å². The van der Waals surface area contributed by atoms with Crippen LogP contribution in [0.3, 0.4) is 0 Å². The number of halogens is 1. The predicted molar refractivity (Wildman–Crippen MR) is 130 cm³/mol. The monoisotopic (exact) mass is 448 g/mol. The van der Waals surface area contributed by atoms with Crippen LogP contribution in [0.5, 0.6) is 0 Å². The first-order valence-electron chi connectivity index (χ1n) is 11.2. The molecule has 0 saturated heterocycles. The van der Waals surface area contributed by atoms with Gasteiger partial charge in [-0.2, -0.15) is 0 Å².